The van der Waals surface area contributed by atoms with Gasteiger partial charge < -0.3 is 0 Å². The lowest BCUT2D eigenvalue weighted by Crippen LogP contribution is -2.04. The predicted molar refractivity (Wildman–Crippen MR) is 54.7 cm³/mol. The van der Waals surface area contributed by atoms with Crippen molar-refractivity contribution in [2.24, 2.45) is 7.05 Å². The topological polar surface area (TPSA) is 17.8 Å². The molecule has 68 valence electrons. The highest BCUT2D eigenvalue weighted by Gasteiger charge is 2.26. The molecule has 0 radical (unpaired) electrons. The van der Waals surface area contributed by atoms with E-state index in [0.717, 1.165) is 5.69 Å². The van der Waals surface area contributed by atoms with E-state index >= 15 is 0 Å². The average Bonchev–Trinajstić information content (AvgIpc) is 2.33. The van der Waals surface area contributed by atoms with E-state index in [9.17, 15) is 4.39 Å². The second kappa shape index (κ2) is 3.40. The summed E-state index contributed by atoms with van der Waals surface area (Å²) >= 11 is 0. The zero-order valence-electron chi connectivity index (χ0n) is 7.43. The van der Waals surface area contributed by atoms with E-state index in [4.69, 9.17) is 0 Å². The van der Waals surface area contributed by atoms with Crippen LogP contribution in [0.4, 0.5) is 4.39 Å². The summed E-state index contributed by atoms with van der Waals surface area (Å²) in [5.74, 6) is 0. The van der Waals surface area contributed by atoms with Crippen LogP contribution in [0.3, 0.4) is 0 Å². The highest BCUT2D eigenvalue weighted by atomic mass is 31.1. The van der Waals surface area contributed by atoms with Gasteiger partial charge in [0, 0.05) is 12.7 Å². The fourth-order valence-corrected chi connectivity index (χ4v) is 1.39. The van der Waals surface area contributed by atoms with Gasteiger partial charge in [0.2, 0.25) is 0 Å². The van der Waals surface area contributed by atoms with Gasteiger partial charge in [0.25, 0.3) is 0 Å². The number of rotatable bonds is 2. The van der Waals surface area contributed by atoms with Crippen LogP contribution in [-0.2, 0) is 12.2 Å². The van der Waals surface area contributed by atoms with Crippen molar-refractivity contribution in [3.63, 3.8) is 0 Å². The van der Waals surface area contributed by atoms with E-state index in [-0.39, 0.29) is 8.58 Å². The van der Waals surface area contributed by atoms with Crippen LogP contribution in [0.1, 0.15) is 11.4 Å². The number of alkyl halides is 1. The molecule has 0 saturated carbocycles. The number of aryl methyl sites for hydroxylation is 2. The molecule has 1 aromatic rings. The highest BCUT2D eigenvalue weighted by molar-refractivity contribution is 7.50. The minimum atomic E-state index is -1.34. The van der Waals surface area contributed by atoms with Crippen molar-refractivity contribution in [2.45, 2.75) is 12.1 Å². The molecular weight excluding hydrogens is 193 g/mol. The van der Waals surface area contributed by atoms with Crippen LogP contribution in [0.5, 0.6) is 0 Å². The molecule has 1 heterocycles. The van der Waals surface area contributed by atoms with Crippen LogP contribution in [0.15, 0.2) is 6.07 Å². The van der Waals surface area contributed by atoms with Gasteiger partial charge in [-0.25, -0.2) is 4.39 Å². The fourth-order valence-electron chi connectivity index (χ4n) is 0.866. The first-order valence-corrected chi connectivity index (χ1v) is 5.73. The second-order valence-electron chi connectivity index (χ2n) is 2.76. The van der Waals surface area contributed by atoms with Crippen LogP contribution in [0, 0.1) is 6.92 Å². The standard InChI is InChI=1S/C7H13FN2P2/c1-5-4-6(9-10(5)2)7(8,11)12-3/h4,12H,11H2,1-3H3. The Hall–Kier alpha value is 0. The van der Waals surface area contributed by atoms with Gasteiger partial charge in [0.05, 0.1) is 0 Å². The van der Waals surface area contributed by atoms with E-state index in [1.54, 1.807) is 10.7 Å². The summed E-state index contributed by atoms with van der Waals surface area (Å²) < 4.78 is 15.3. The smallest absolute Gasteiger partial charge is 0.181 e. The molecule has 0 aliphatic rings. The molecule has 0 fully saturated rings. The van der Waals surface area contributed by atoms with E-state index in [1.165, 1.54) is 0 Å². The van der Waals surface area contributed by atoms with Gasteiger partial charge >= 0.3 is 0 Å². The Labute approximate surface area is 75.9 Å². The summed E-state index contributed by atoms with van der Waals surface area (Å²) in [5.41, 5.74) is 1.49. The minimum Gasteiger partial charge on any atom is -0.273 e. The molecule has 2 nitrogen and oxygen atoms in total. The quantitative estimate of drug-likeness (QED) is 0.676. The highest BCUT2D eigenvalue weighted by Crippen LogP contribution is 2.46. The summed E-state index contributed by atoms with van der Waals surface area (Å²) in [7, 11) is 4.22. The SMILES string of the molecule is CPC(F)(P)c1cc(C)n(C)n1. The normalized spacial score (nSPS) is 17.1. The Morgan fingerprint density at radius 1 is 1.75 bits per heavy atom. The van der Waals surface area contributed by atoms with E-state index in [0.29, 0.717) is 5.69 Å². The summed E-state index contributed by atoms with van der Waals surface area (Å²) in [6.45, 7) is 3.74. The van der Waals surface area contributed by atoms with Crippen molar-refractivity contribution in [1.29, 1.82) is 0 Å². The van der Waals surface area contributed by atoms with Gasteiger partial charge in [-0.05, 0) is 19.7 Å². The molecular formula is C7H13FN2P2. The van der Waals surface area contributed by atoms with Crippen molar-refractivity contribution in [1.82, 2.24) is 9.78 Å². The number of nitrogens with zero attached hydrogens (tertiary/aromatic N) is 2. The molecule has 0 saturated heterocycles. The Morgan fingerprint density at radius 2 is 2.33 bits per heavy atom. The molecule has 0 bridgehead atoms. The van der Waals surface area contributed by atoms with Gasteiger partial charge in [-0.2, -0.15) is 5.10 Å². The van der Waals surface area contributed by atoms with Crippen molar-refractivity contribution in [3.05, 3.63) is 17.5 Å². The first-order valence-electron chi connectivity index (χ1n) is 3.65. The van der Waals surface area contributed by atoms with Crippen LogP contribution in [0.2, 0.25) is 0 Å². The van der Waals surface area contributed by atoms with Crippen molar-refractivity contribution < 1.29 is 4.39 Å². The number of hydrogen-bond donors (Lipinski definition) is 0. The van der Waals surface area contributed by atoms with E-state index < -0.39 is 5.15 Å². The van der Waals surface area contributed by atoms with E-state index in [1.807, 2.05) is 20.6 Å². The molecule has 3 atom stereocenters. The van der Waals surface area contributed by atoms with E-state index in [2.05, 4.69) is 14.3 Å². The molecule has 0 spiro atoms. The number of hydrogen-bond acceptors (Lipinski definition) is 1. The predicted octanol–water partition coefficient (Wildman–Crippen LogP) is 1.99. The van der Waals surface area contributed by atoms with Crippen LogP contribution in [-0.4, -0.2) is 16.4 Å². The van der Waals surface area contributed by atoms with Gasteiger partial charge in [0.1, 0.15) is 5.69 Å². The second-order valence-corrected chi connectivity index (χ2v) is 5.36. The third kappa shape index (κ3) is 1.84. The molecule has 0 N–H and O–H groups in total. The lowest BCUT2D eigenvalue weighted by atomic mass is 10.4. The lowest BCUT2D eigenvalue weighted by Gasteiger charge is -2.14. The number of aromatic nitrogens is 2. The molecule has 0 aliphatic heterocycles. The first-order chi connectivity index (χ1) is 5.47. The van der Waals surface area contributed by atoms with Gasteiger partial charge in [-0.1, -0.05) is 17.8 Å². The van der Waals surface area contributed by atoms with Crippen LogP contribution >= 0.6 is 17.8 Å². The van der Waals surface area contributed by atoms with Crippen molar-refractivity contribution >= 4 is 17.8 Å². The summed E-state index contributed by atoms with van der Waals surface area (Å²) in [4.78, 5) is 0. The average molecular weight is 206 g/mol. The fraction of sp³-hybridized carbons (Fsp3) is 0.571. The molecule has 0 aliphatic carbocycles. The third-order valence-electron chi connectivity index (χ3n) is 1.85. The monoisotopic (exact) mass is 206 g/mol. The molecule has 3 unspecified atom stereocenters. The zero-order chi connectivity index (χ0) is 9.35. The maximum Gasteiger partial charge on any atom is 0.181 e. The maximum absolute atomic E-state index is 13.6. The Morgan fingerprint density at radius 3 is 2.67 bits per heavy atom. The Bertz CT molecular complexity index is 263. The van der Waals surface area contributed by atoms with Crippen molar-refractivity contribution in [3.8, 4) is 0 Å². The number of halogens is 1. The van der Waals surface area contributed by atoms with Gasteiger partial charge in [-0.3, -0.25) is 4.68 Å². The largest absolute Gasteiger partial charge is 0.273 e. The molecule has 1 aromatic heterocycles. The molecule has 1 rings (SSSR count). The molecule has 0 amide bonds. The third-order valence-corrected chi connectivity index (χ3v) is 4.00. The van der Waals surface area contributed by atoms with Gasteiger partial charge in [0.15, 0.2) is 5.15 Å². The van der Waals surface area contributed by atoms with Crippen LogP contribution in [0.25, 0.3) is 0 Å². The molecule has 5 heteroatoms. The zero-order valence-corrected chi connectivity index (χ0v) is 9.58. The van der Waals surface area contributed by atoms with Gasteiger partial charge in [-0.15, -0.1) is 0 Å². The van der Waals surface area contributed by atoms with Crippen molar-refractivity contribution in [2.75, 3.05) is 6.66 Å². The molecule has 12 heavy (non-hydrogen) atoms. The summed E-state index contributed by atoms with van der Waals surface area (Å²) in [6, 6.07) is 1.78. The van der Waals surface area contributed by atoms with Crippen LogP contribution < -0.4 is 0 Å². The lowest BCUT2D eigenvalue weighted by molar-refractivity contribution is 0.407. The summed E-state index contributed by atoms with van der Waals surface area (Å²) in [5, 5.41) is 2.74. The Kier molecular flexibility index (Phi) is 2.85. The molecule has 0 aromatic carbocycles. The minimum absolute atomic E-state index is 0.192. The first kappa shape index (κ1) is 10.1. The summed E-state index contributed by atoms with van der Waals surface area (Å²) in [6.07, 6.45) is 0. The maximum atomic E-state index is 13.6. The Balaban J connectivity index is 3.04.